The van der Waals surface area contributed by atoms with E-state index in [1.54, 1.807) is 13.8 Å². The number of carbonyl (C=O) groups excluding carboxylic acids is 2. The highest BCUT2D eigenvalue weighted by molar-refractivity contribution is 14.1. The number of amides is 2. The molecule has 0 unspecified atom stereocenters. The maximum absolute atomic E-state index is 12.6. The van der Waals surface area contributed by atoms with Crippen LogP contribution >= 0.6 is 67.8 Å². The molecule has 0 fully saturated rings. The average Bonchev–Trinajstić information content (AvgIpc) is 2.48. The van der Waals surface area contributed by atoms with Crippen LogP contribution in [0.25, 0.3) is 0 Å². The van der Waals surface area contributed by atoms with E-state index in [0.717, 1.165) is 0 Å². The molecule has 3 N–H and O–H groups in total. The van der Waals surface area contributed by atoms with E-state index in [-0.39, 0.29) is 24.3 Å². The first-order valence-corrected chi connectivity index (χ1v) is 11.1. The number of carbonyl (C=O) groups is 4. The molecule has 0 bridgehead atoms. The van der Waals surface area contributed by atoms with E-state index >= 15 is 0 Å². The first-order valence-electron chi connectivity index (χ1n) is 7.89. The number of halogens is 3. The van der Waals surface area contributed by atoms with E-state index in [1.165, 1.54) is 18.9 Å². The Morgan fingerprint density at radius 3 is 1.96 bits per heavy atom. The number of nitrogens with zero attached hydrogens (tertiary/aromatic N) is 1. The van der Waals surface area contributed by atoms with Crippen molar-refractivity contribution in [2.24, 2.45) is 5.41 Å². The van der Waals surface area contributed by atoms with Gasteiger partial charge in [0.25, 0.3) is 0 Å². The Labute approximate surface area is 203 Å². The van der Waals surface area contributed by atoms with Gasteiger partial charge in [0.05, 0.1) is 34.1 Å². The molecule has 2 amide bonds. The van der Waals surface area contributed by atoms with Crippen molar-refractivity contribution in [3.05, 3.63) is 16.3 Å². The quantitative estimate of drug-likeness (QED) is 0.365. The molecule has 11 heteroatoms. The number of hydrogen-bond donors (Lipinski definition) is 3. The molecule has 0 aliphatic heterocycles. The van der Waals surface area contributed by atoms with Crippen molar-refractivity contribution in [1.29, 1.82) is 0 Å². The van der Waals surface area contributed by atoms with Crippen LogP contribution in [0.1, 0.15) is 44.0 Å². The lowest BCUT2D eigenvalue weighted by molar-refractivity contribution is -0.139. The molecule has 0 radical (unpaired) electrons. The van der Waals surface area contributed by atoms with Gasteiger partial charge in [-0.05, 0) is 73.2 Å². The van der Waals surface area contributed by atoms with Crippen LogP contribution in [0.4, 0.5) is 11.4 Å². The van der Waals surface area contributed by atoms with Gasteiger partial charge in [-0.3, -0.25) is 14.4 Å². The lowest BCUT2D eigenvalue weighted by Crippen LogP contribution is -2.28. The minimum Gasteiger partial charge on any atom is -0.481 e. The standard InChI is InChI=1S/C17H19I3N2O6/c1-7(23)22(4)15-12(19)10(16(27)28)11(18)14(13(15)20)21-8(24)5-17(2,3)6-9(25)26/h5-6H2,1-4H3,(H,21,24)(H,25,26)(H,27,28). The molecule has 1 aromatic carbocycles. The SMILES string of the molecule is CC(=O)N(C)c1c(I)c(NC(=O)CC(C)(C)CC(=O)O)c(I)c(C(=O)O)c1I. The lowest BCUT2D eigenvalue weighted by Gasteiger charge is -2.25. The third-order valence-corrected chi connectivity index (χ3v) is 7.03. The lowest BCUT2D eigenvalue weighted by atomic mass is 9.85. The second-order valence-electron chi connectivity index (χ2n) is 6.88. The number of aliphatic carboxylic acids is 1. The molecule has 154 valence electrons. The molecular weight excluding hydrogens is 709 g/mol. The van der Waals surface area contributed by atoms with Crippen LogP contribution in [0, 0.1) is 16.1 Å². The summed E-state index contributed by atoms with van der Waals surface area (Å²) < 4.78 is 1.25. The fourth-order valence-electron chi connectivity index (χ4n) is 2.49. The molecule has 8 nitrogen and oxygen atoms in total. The van der Waals surface area contributed by atoms with Crippen LogP contribution < -0.4 is 10.2 Å². The summed E-state index contributed by atoms with van der Waals surface area (Å²) in [4.78, 5) is 48.5. The van der Waals surface area contributed by atoms with Crippen molar-refractivity contribution in [1.82, 2.24) is 0 Å². The molecular formula is C17H19I3N2O6. The zero-order valence-electron chi connectivity index (χ0n) is 15.5. The van der Waals surface area contributed by atoms with Crippen LogP contribution in [0.15, 0.2) is 0 Å². The zero-order valence-corrected chi connectivity index (χ0v) is 22.0. The summed E-state index contributed by atoms with van der Waals surface area (Å²) in [7, 11) is 1.53. The van der Waals surface area contributed by atoms with Gasteiger partial charge < -0.3 is 20.4 Å². The van der Waals surface area contributed by atoms with Gasteiger partial charge in [0.2, 0.25) is 11.8 Å². The fraction of sp³-hybridized carbons (Fsp3) is 0.412. The monoisotopic (exact) mass is 728 g/mol. The number of carboxylic acids is 2. The summed E-state index contributed by atoms with van der Waals surface area (Å²) in [6.45, 7) is 4.70. The smallest absolute Gasteiger partial charge is 0.338 e. The molecule has 0 heterocycles. The van der Waals surface area contributed by atoms with E-state index < -0.39 is 23.3 Å². The maximum Gasteiger partial charge on any atom is 0.338 e. The molecule has 0 aliphatic carbocycles. The van der Waals surface area contributed by atoms with Gasteiger partial charge in [-0.15, -0.1) is 0 Å². The number of hydrogen-bond acceptors (Lipinski definition) is 4. The van der Waals surface area contributed by atoms with Crippen LogP contribution in [0.3, 0.4) is 0 Å². The van der Waals surface area contributed by atoms with Crippen molar-refractivity contribution in [3.8, 4) is 0 Å². The van der Waals surface area contributed by atoms with Crippen molar-refractivity contribution >= 4 is 103 Å². The van der Waals surface area contributed by atoms with Crippen molar-refractivity contribution in [3.63, 3.8) is 0 Å². The summed E-state index contributed by atoms with van der Waals surface area (Å²) >= 11 is 5.70. The summed E-state index contributed by atoms with van der Waals surface area (Å²) in [6.07, 6.45) is -0.238. The van der Waals surface area contributed by atoms with Gasteiger partial charge in [0.15, 0.2) is 0 Å². The Kier molecular flexibility index (Phi) is 8.92. The van der Waals surface area contributed by atoms with E-state index in [4.69, 9.17) is 5.11 Å². The van der Waals surface area contributed by atoms with Gasteiger partial charge in [-0.1, -0.05) is 13.8 Å². The summed E-state index contributed by atoms with van der Waals surface area (Å²) in [5, 5.41) is 21.3. The second kappa shape index (κ2) is 9.86. The molecule has 28 heavy (non-hydrogen) atoms. The predicted molar refractivity (Wildman–Crippen MR) is 130 cm³/mol. The number of anilines is 2. The third-order valence-electron chi connectivity index (χ3n) is 3.85. The maximum atomic E-state index is 12.6. The Morgan fingerprint density at radius 2 is 1.54 bits per heavy atom. The summed E-state index contributed by atoms with van der Waals surface area (Å²) in [6, 6.07) is 0. The van der Waals surface area contributed by atoms with E-state index in [9.17, 15) is 24.3 Å². The second-order valence-corrected chi connectivity index (χ2v) is 10.1. The molecule has 0 saturated carbocycles. The van der Waals surface area contributed by atoms with E-state index in [0.29, 0.717) is 22.1 Å². The van der Waals surface area contributed by atoms with Crippen LogP contribution in [-0.2, 0) is 14.4 Å². The minimum absolute atomic E-state index is 0.00943. The van der Waals surface area contributed by atoms with E-state index in [1.807, 2.05) is 67.8 Å². The molecule has 1 aromatic rings. The van der Waals surface area contributed by atoms with Gasteiger partial charge in [-0.2, -0.15) is 0 Å². The van der Waals surface area contributed by atoms with Crippen molar-refractivity contribution in [2.75, 3.05) is 17.3 Å². The van der Waals surface area contributed by atoms with E-state index in [2.05, 4.69) is 5.32 Å². The number of aromatic carboxylic acids is 1. The predicted octanol–water partition coefficient (Wildman–Crippen LogP) is 4.01. The highest BCUT2D eigenvalue weighted by atomic mass is 127. The molecule has 0 saturated heterocycles. The molecule has 0 aliphatic rings. The first kappa shape index (κ1) is 25.3. The Bertz CT molecular complexity index is 854. The minimum atomic E-state index is -1.18. The largest absolute Gasteiger partial charge is 0.481 e. The zero-order chi connectivity index (χ0) is 22.0. The van der Waals surface area contributed by atoms with Crippen molar-refractivity contribution < 1.29 is 29.4 Å². The topological polar surface area (TPSA) is 124 Å². The Hall–Kier alpha value is -0.710. The van der Waals surface area contributed by atoms with Crippen LogP contribution in [-0.4, -0.2) is 41.0 Å². The number of carboxylic acid groups (broad SMARTS) is 2. The Balaban J connectivity index is 3.46. The Morgan fingerprint density at radius 1 is 1.00 bits per heavy atom. The average molecular weight is 728 g/mol. The number of benzene rings is 1. The first-order chi connectivity index (χ1) is 12.7. The molecule has 0 spiro atoms. The van der Waals surface area contributed by atoms with Crippen LogP contribution in [0.2, 0.25) is 0 Å². The highest BCUT2D eigenvalue weighted by Gasteiger charge is 2.30. The van der Waals surface area contributed by atoms with Gasteiger partial charge in [-0.25, -0.2) is 4.79 Å². The van der Waals surface area contributed by atoms with Gasteiger partial charge >= 0.3 is 11.9 Å². The number of rotatable bonds is 7. The van der Waals surface area contributed by atoms with Crippen molar-refractivity contribution in [2.45, 2.75) is 33.6 Å². The summed E-state index contributed by atoms with van der Waals surface area (Å²) in [5.41, 5.74) is -0.0976. The number of nitrogens with one attached hydrogen (secondary N) is 1. The van der Waals surface area contributed by atoms with Crippen LogP contribution in [0.5, 0.6) is 0 Å². The van der Waals surface area contributed by atoms with Gasteiger partial charge in [0.1, 0.15) is 0 Å². The summed E-state index contributed by atoms with van der Waals surface area (Å²) in [5.74, 6) is -2.90. The molecule has 0 atom stereocenters. The van der Waals surface area contributed by atoms with Gasteiger partial charge in [0, 0.05) is 20.4 Å². The molecule has 0 aromatic heterocycles. The molecule has 1 rings (SSSR count). The highest BCUT2D eigenvalue weighted by Crippen LogP contribution is 2.40. The fourth-order valence-corrected chi connectivity index (χ4v) is 7.11. The normalized spacial score (nSPS) is 11.1. The third kappa shape index (κ3) is 6.14.